The number of aromatic nitrogens is 5. The van der Waals surface area contributed by atoms with E-state index in [2.05, 4.69) is 30.0 Å². The minimum absolute atomic E-state index is 0.0997. The minimum Gasteiger partial charge on any atom is -0.450 e. The highest BCUT2D eigenvalue weighted by Gasteiger charge is 2.15. The normalized spacial score (nSPS) is 11.2. The highest BCUT2D eigenvalue weighted by atomic mass is 16.7. The van der Waals surface area contributed by atoms with E-state index in [9.17, 15) is 4.79 Å². The van der Waals surface area contributed by atoms with Gasteiger partial charge in [-0.25, -0.2) is 19.7 Å². The number of rotatable bonds is 4. The summed E-state index contributed by atoms with van der Waals surface area (Å²) in [7, 11) is 3.74. The van der Waals surface area contributed by atoms with Crippen molar-refractivity contribution in [2.75, 3.05) is 12.4 Å². The van der Waals surface area contributed by atoms with Crippen LogP contribution in [0.2, 0.25) is 0 Å². The molecule has 4 heterocycles. The van der Waals surface area contributed by atoms with Gasteiger partial charge in [-0.1, -0.05) is 6.07 Å². The maximum absolute atomic E-state index is 10.6. The zero-order valence-electron chi connectivity index (χ0n) is 14.1. The number of pyridine rings is 2. The Balaban J connectivity index is 1.83. The summed E-state index contributed by atoms with van der Waals surface area (Å²) >= 11 is 0. The van der Waals surface area contributed by atoms with Crippen LogP contribution < -0.4 is 5.32 Å². The third-order valence-corrected chi connectivity index (χ3v) is 4.10. The van der Waals surface area contributed by atoms with Crippen molar-refractivity contribution in [2.45, 2.75) is 6.61 Å². The predicted octanol–water partition coefficient (Wildman–Crippen LogP) is 2.75. The van der Waals surface area contributed by atoms with Crippen LogP contribution in [-0.4, -0.2) is 42.8 Å². The van der Waals surface area contributed by atoms with Gasteiger partial charge in [0.1, 0.15) is 17.8 Å². The molecule has 0 atom stereocenters. The average Bonchev–Trinajstić information content (AvgIpc) is 3.23. The lowest BCUT2D eigenvalue weighted by atomic mass is 10.2. The molecular formula is C17H16N6O3. The molecule has 4 rings (SSSR count). The summed E-state index contributed by atoms with van der Waals surface area (Å²) in [6.07, 6.45) is 0.423. The molecule has 0 aliphatic heterocycles. The number of anilines is 1. The van der Waals surface area contributed by atoms with E-state index in [1.807, 2.05) is 23.7 Å². The van der Waals surface area contributed by atoms with Gasteiger partial charge in [0.05, 0.1) is 28.9 Å². The molecule has 0 radical (unpaired) electrons. The maximum atomic E-state index is 10.6. The molecule has 132 valence electrons. The zero-order valence-corrected chi connectivity index (χ0v) is 14.1. The molecule has 0 aliphatic carbocycles. The van der Waals surface area contributed by atoms with Crippen LogP contribution in [0.3, 0.4) is 0 Å². The van der Waals surface area contributed by atoms with E-state index in [1.54, 1.807) is 25.5 Å². The monoisotopic (exact) mass is 352 g/mol. The van der Waals surface area contributed by atoms with Gasteiger partial charge in [-0.05, 0) is 18.2 Å². The molecule has 0 amide bonds. The summed E-state index contributed by atoms with van der Waals surface area (Å²) in [5, 5.41) is 12.6. The lowest BCUT2D eigenvalue weighted by Crippen LogP contribution is -2.02. The van der Waals surface area contributed by atoms with Gasteiger partial charge >= 0.3 is 6.16 Å². The van der Waals surface area contributed by atoms with Crippen molar-refractivity contribution < 1.29 is 14.6 Å². The number of carbonyl (C=O) groups is 1. The number of nitrogens with one attached hydrogen (secondary N) is 2. The van der Waals surface area contributed by atoms with Crippen molar-refractivity contribution in [3.63, 3.8) is 0 Å². The number of nitrogens with zero attached hydrogens (tertiary/aromatic N) is 4. The van der Waals surface area contributed by atoms with Gasteiger partial charge in [0.25, 0.3) is 0 Å². The first-order valence-corrected chi connectivity index (χ1v) is 7.90. The van der Waals surface area contributed by atoms with Gasteiger partial charge in [-0.3, -0.25) is 0 Å². The fourth-order valence-corrected chi connectivity index (χ4v) is 2.96. The van der Waals surface area contributed by atoms with Crippen LogP contribution in [0.25, 0.3) is 33.5 Å². The second-order valence-corrected chi connectivity index (χ2v) is 5.78. The smallest absolute Gasteiger partial charge is 0.450 e. The van der Waals surface area contributed by atoms with E-state index in [1.165, 1.54) is 0 Å². The van der Waals surface area contributed by atoms with Gasteiger partial charge in [0, 0.05) is 19.5 Å². The van der Waals surface area contributed by atoms with Crippen LogP contribution >= 0.6 is 0 Å². The molecule has 4 aromatic heterocycles. The first-order chi connectivity index (χ1) is 12.6. The van der Waals surface area contributed by atoms with Crippen LogP contribution in [0.5, 0.6) is 0 Å². The number of ether oxygens (including phenoxy) is 1. The molecule has 0 unspecified atom stereocenters. The molecule has 0 spiro atoms. The van der Waals surface area contributed by atoms with Crippen LogP contribution in [0, 0.1) is 0 Å². The Morgan fingerprint density at radius 2 is 2.23 bits per heavy atom. The van der Waals surface area contributed by atoms with Gasteiger partial charge in [0.2, 0.25) is 0 Å². The fraction of sp³-hybridized carbons (Fsp3) is 0.176. The quantitative estimate of drug-likeness (QED) is 0.483. The number of H-pyrrole nitrogens is 1. The third-order valence-electron chi connectivity index (χ3n) is 4.10. The summed E-state index contributed by atoms with van der Waals surface area (Å²) in [6.45, 7) is -0.0997. The number of aromatic amines is 1. The number of imidazole rings is 1. The first-order valence-electron chi connectivity index (χ1n) is 7.90. The van der Waals surface area contributed by atoms with E-state index < -0.39 is 6.16 Å². The Kier molecular flexibility index (Phi) is 3.68. The molecule has 0 aliphatic rings. The summed E-state index contributed by atoms with van der Waals surface area (Å²) in [5.41, 5.74) is 4.46. The highest BCUT2D eigenvalue weighted by molar-refractivity contribution is 6.07. The molecule has 0 aromatic carbocycles. The van der Waals surface area contributed by atoms with Crippen molar-refractivity contribution in [1.82, 2.24) is 24.5 Å². The molecule has 0 bridgehead atoms. The van der Waals surface area contributed by atoms with Crippen molar-refractivity contribution in [3.8, 4) is 11.4 Å². The second-order valence-electron chi connectivity index (χ2n) is 5.78. The molecule has 0 saturated carbocycles. The predicted molar refractivity (Wildman–Crippen MR) is 96.0 cm³/mol. The Morgan fingerprint density at radius 3 is 3.00 bits per heavy atom. The van der Waals surface area contributed by atoms with Gasteiger partial charge in [0.15, 0.2) is 5.82 Å². The number of fused-ring (bicyclic) bond motifs is 3. The van der Waals surface area contributed by atoms with Gasteiger partial charge in [-0.15, -0.1) is 0 Å². The Morgan fingerprint density at radius 1 is 1.38 bits per heavy atom. The van der Waals surface area contributed by atoms with Crippen molar-refractivity contribution in [2.24, 2.45) is 7.05 Å². The highest BCUT2D eigenvalue weighted by Crippen LogP contribution is 2.31. The summed E-state index contributed by atoms with van der Waals surface area (Å²) in [6, 6.07) is 7.33. The number of carboxylic acid groups (broad SMARTS) is 1. The molecule has 9 heteroatoms. The van der Waals surface area contributed by atoms with Crippen molar-refractivity contribution in [3.05, 3.63) is 36.3 Å². The van der Waals surface area contributed by atoms with E-state index in [-0.39, 0.29) is 6.61 Å². The average molecular weight is 352 g/mol. The Hall–Kier alpha value is -3.62. The number of aryl methyl sites for hydroxylation is 1. The number of hydrogen-bond donors (Lipinski definition) is 3. The Labute approximate surface area is 147 Å². The molecule has 26 heavy (non-hydrogen) atoms. The lowest BCUT2D eigenvalue weighted by molar-refractivity contribution is 0.0843. The SMILES string of the molecule is CNc1nc2[nH]c(-c3cccc(COC(=O)O)n3)cc2c2c1ncn2C. The topological polar surface area (TPSA) is 118 Å². The van der Waals surface area contributed by atoms with E-state index >= 15 is 0 Å². The molecule has 4 aromatic rings. The van der Waals surface area contributed by atoms with Crippen molar-refractivity contribution in [1.29, 1.82) is 0 Å². The van der Waals surface area contributed by atoms with Crippen LogP contribution in [0.4, 0.5) is 10.6 Å². The number of hydrogen-bond acceptors (Lipinski definition) is 6. The minimum atomic E-state index is -1.33. The third kappa shape index (κ3) is 2.59. The second kappa shape index (κ2) is 6.03. The van der Waals surface area contributed by atoms with Crippen LogP contribution in [0.15, 0.2) is 30.6 Å². The lowest BCUT2D eigenvalue weighted by Gasteiger charge is -2.02. The van der Waals surface area contributed by atoms with Crippen LogP contribution in [0.1, 0.15) is 5.69 Å². The van der Waals surface area contributed by atoms with Gasteiger partial charge in [-0.2, -0.15) is 0 Å². The van der Waals surface area contributed by atoms with Crippen molar-refractivity contribution >= 4 is 34.0 Å². The molecular weight excluding hydrogens is 336 g/mol. The van der Waals surface area contributed by atoms with Crippen LogP contribution in [-0.2, 0) is 18.4 Å². The Bertz CT molecular complexity index is 1130. The standard InChI is InChI=1S/C17H16N6O3/c1-18-16-13-14(23(2)8-19-13)10-6-12(21-15(10)22-16)11-5-3-4-9(20-11)7-26-17(24)25/h3-6,8H,7H2,1-2H3,(H,24,25)(H2,18,21,22). The molecule has 0 saturated heterocycles. The van der Waals surface area contributed by atoms with E-state index in [4.69, 9.17) is 5.11 Å². The summed E-state index contributed by atoms with van der Waals surface area (Å²) in [5.74, 6) is 0.693. The van der Waals surface area contributed by atoms with Gasteiger partial charge < -0.3 is 24.7 Å². The summed E-state index contributed by atoms with van der Waals surface area (Å²) < 4.78 is 6.53. The zero-order chi connectivity index (χ0) is 18.3. The van der Waals surface area contributed by atoms with E-state index in [0.29, 0.717) is 17.2 Å². The maximum Gasteiger partial charge on any atom is 0.506 e. The fourth-order valence-electron chi connectivity index (χ4n) is 2.96. The molecule has 9 nitrogen and oxygen atoms in total. The largest absolute Gasteiger partial charge is 0.506 e. The molecule has 0 fully saturated rings. The molecule has 3 N–H and O–H groups in total. The first kappa shape index (κ1) is 15.9. The van der Waals surface area contributed by atoms with E-state index in [0.717, 1.165) is 27.8 Å². The summed E-state index contributed by atoms with van der Waals surface area (Å²) in [4.78, 5) is 27.3.